The number of anilines is 1. The number of hydrogen-bond donors (Lipinski definition) is 1. The molecule has 1 N–H and O–H groups in total. The van der Waals surface area contributed by atoms with E-state index >= 15 is 0 Å². The van der Waals surface area contributed by atoms with Gasteiger partial charge in [-0.05, 0) is 24.6 Å². The fourth-order valence-electron chi connectivity index (χ4n) is 2.67. The molecule has 8 nitrogen and oxygen atoms in total. The maximum atomic E-state index is 12.5. The van der Waals surface area contributed by atoms with E-state index in [1.165, 1.54) is 31.6 Å². The zero-order valence-electron chi connectivity index (χ0n) is 15.6. The van der Waals surface area contributed by atoms with Crippen LogP contribution in [0.2, 0.25) is 0 Å². The average Bonchev–Trinajstić information content (AvgIpc) is 3.01. The van der Waals surface area contributed by atoms with Gasteiger partial charge in [-0.1, -0.05) is 30.3 Å². The van der Waals surface area contributed by atoms with Crippen molar-refractivity contribution in [3.8, 4) is 0 Å². The molecule has 0 saturated carbocycles. The van der Waals surface area contributed by atoms with E-state index in [-0.39, 0.29) is 11.4 Å². The van der Waals surface area contributed by atoms with Gasteiger partial charge in [-0.25, -0.2) is 13.1 Å². The summed E-state index contributed by atoms with van der Waals surface area (Å²) in [6, 6.07) is 14.5. The van der Waals surface area contributed by atoms with Crippen molar-refractivity contribution in [1.82, 2.24) is 19.1 Å². The third-order valence-corrected chi connectivity index (χ3v) is 5.84. The lowest BCUT2D eigenvalue weighted by Crippen LogP contribution is -2.35. The number of nitrogens with zero attached hydrogens (tertiary/aromatic N) is 4. The monoisotopic (exact) mass is 399 g/mol. The largest absolute Gasteiger partial charge is 0.310 e. The molecule has 2 heterocycles. The van der Waals surface area contributed by atoms with Crippen molar-refractivity contribution in [1.29, 1.82) is 0 Å². The normalized spacial score (nSPS) is 11.5. The highest BCUT2D eigenvalue weighted by molar-refractivity contribution is 7.89. The average molecular weight is 399 g/mol. The number of rotatable bonds is 7. The number of sulfonamides is 1. The van der Waals surface area contributed by atoms with Crippen LogP contribution in [0, 0.1) is 6.92 Å². The maximum Gasteiger partial charge on any atom is 0.244 e. The van der Waals surface area contributed by atoms with E-state index in [0.29, 0.717) is 12.4 Å². The van der Waals surface area contributed by atoms with Crippen LogP contribution in [0.15, 0.2) is 65.8 Å². The van der Waals surface area contributed by atoms with E-state index in [2.05, 4.69) is 15.4 Å². The quantitative estimate of drug-likeness (QED) is 0.654. The van der Waals surface area contributed by atoms with Gasteiger partial charge in [0.25, 0.3) is 0 Å². The highest BCUT2D eigenvalue weighted by atomic mass is 32.2. The summed E-state index contributed by atoms with van der Waals surface area (Å²) >= 11 is 0. The molecule has 0 fully saturated rings. The van der Waals surface area contributed by atoms with E-state index in [1.807, 2.05) is 37.3 Å². The van der Waals surface area contributed by atoms with Crippen molar-refractivity contribution in [2.75, 3.05) is 18.9 Å². The number of likely N-dealkylation sites (N-methyl/N-ethyl adjacent to an activating group) is 1. The molecule has 0 unspecified atom stereocenters. The summed E-state index contributed by atoms with van der Waals surface area (Å²) < 4.78 is 27.7. The summed E-state index contributed by atoms with van der Waals surface area (Å²) in [6.45, 7) is 2.00. The first-order valence-electron chi connectivity index (χ1n) is 8.61. The second kappa shape index (κ2) is 8.32. The molecular formula is C19H21N5O3S. The second-order valence-corrected chi connectivity index (χ2v) is 8.36. The first-order valence-corrected chi connectivity index (χ1v) is 10.0. The maximum absolute atomic E-state index is 12.5. The molecule has 9 heteroatoms. The number of benzene rings is 1. The molecule has 3 rings (SSSR count). The highest BCUT2D eigenvalue weighted by Crippen LogP contribution is 2.15. The van der Waals surface area contributed by atoms with Crippen LogP contribution in [0.25, 0.3) is 0 Å². The number of nitrogens with one attached hydrogen (secondary N) is 1. The number of carbonyl (C=O) groups excluding carboxylic acids is 1. The number of amides is 1. The van der Waals surface area contributed by atoms with Crippen molar-refractivity contribution in [3.05, 3.63) is 72.2 Å². The van der Waals surface area contributed by atoms with Gasteiger partial charge < -0.3 is 5.32 Å². The summed E-state index contributed by atoms with van der Waals surface area (Å²) in [4.78, 5) is 16.3. The molecule has 0 atom stereocenters. The smallest absolute Gasteiger partial charge is 0.244 e. The van der Waals surface area contributed by atoms with Crippen LogP contribution in [-0.2, 0) is 21.4 Å². The van der Waals surface area contributed by atoms with Crippen LogP contribution in [0.5, 0.6) is 0 Å². The van der Waals surface area contributed by atoms with Crippen molar-refractivity contribution in [2.24, 2.45) is 0 Å². The molecule has 0 bridgehead atoms. The van der Waals surface area contributed by atoms with Gasteiger partial charge in [-0.3, -0.25) is 9.78 Å². The fourth-order valence-corrected chi connectivity index (χ4v) is 3.76. The van der Waals surface area contributed by atoms with Gasteiger partial charge in [0.2, 0.25) is 15.9 Å². The van der Waals surface area contributed by atoms with Gasteiger partial charge in [0.15, 0.2) is 0 Å². The Morgan fingerprint density at radius 2 is 1.93 bits per heavy atom. The first-order chi connectivity index (χ1) is 13.4. The Morgan fingerprint density at radius 3 is 2.61 bits per heavy atom. The van der Waals surface area contributed by atoms with Gasteiger partial charge in [-0.2, -0.15) is 9.40 Å². The molecule has 146 valence electrons. The Labute approximate surface area is 163 Å². The van der Waals surface area contributed by atoms with E-state index in [9.17, 15) is 13.2 Å². The molecule has 0 aliphatic carbocycles. The van der Waals surface area contributed by atoms with Crippen molar-refractivity contribution in [2.45, 2.75) is 18.4 Å². The lowest BCUT2D eigenvalue weighted by atomic mass is 10.2. The minimum atomic E-state index is -3.79. The van der Waals surface area contributed by atoms with Crippen LogP contribution in [0.3, 0.4) is 0 Å². The lowest BCUT2D eigenvalue weighted by molar-refractivity contribution is -0.116. The molecule has 0 radical (unpaired) electrons. The number of carbonyl (C=O) groups is 1. The zero-order chi connectivity index (χ0) is 20.1. The molecule has 0 spiro atoms. The first kappa shape index (κ1) is 19.7. The Kier molecular flexibility index (Phi) is 5.86. The van der Waals surface area contributed by atoms with Crippen molar-refractivity contribution in [3.63, 3.8) is 0 Å². The highest BCUT2D eigenvalue weighted by Gasteiger charge is 2.23. The lowest BCUT2D eigenvalue weighted by Gasteiger charge is -2.17. The molecule has 1 amide bonds. The van der Waals surface area contributed by atoms with E-state index in [0.717, 1.165) is 15.6 Å². The van der Waals surface area contributed by atoms with Crippen LogP contribution < -0.4 is 5.32 Å². The van der Waals surface area contributed by atoms with Crippen molar-refractivity contribution < 1.29 is 13.2 Å². The SMILES string of the molecule is Cc1cc(NC(=O)CN(C)S(=O)(=O)c2cccnc2)n(Cc2ccccc2)n1. The van der Waals surface area contributed by atoms with E-state index in [1.54, 1.807) is 10.7 Å². The van der Waals surface area contributed by atoms with Gasteiger partial charge >= 0.3 is 0 Å². The summed E-state index contributed by atoms with van der Waals surface area (Å²) in [5.41, 5.74) is 1.79. The predicted molar refractivity (Wildman–Crippen MR) is 105 cm³/mol. The van der Waals surface area contributed by atoms with E-state index in [4.69, 9.17) is 0 Å². The van der Waals surface area contributed by atoms with Crippen LogP contribution >= 0.6 is 0 Å². The van der Waals surface area contributed by atoms with E-state index < -0.39 is 15.9 Å². The molecular weight excluding hydrogens is 378 g/mol. The molecule has 0 saturated heterocycles. The predicted octanol–water partition coefficient (Wildman–Crippen LogP) is 1.89. The Balaban J connectivity index is 1.70. The molecule has 28 heavy (non-hydrogen) atoms. The minimum absolute atomic E-state index is 0.0373. The topological polar surface area (TPSA) is 97.2 Å². The number of aryl methyl sites for hydroxylation is 1. The molecule has 3 aromatic rings. The van der Waals surface area contributed by atoms with Crippen LogP contribution in [0.4, 0.5) is 5.82 Å². The van der Waals surface area contributed by atoms with Crippen LogP contribution in [-0.4, -0.2) is 47.0 Å². The molecule has 1 aromatic carbocycles. The summed E-state index contributed by atoms with van der Waals surface area (Å²) in [5.74, 6) is 0.0581. The van der Waals surface area contributed by atoms with Crippen molar-refractivity contribution >= 4 is 21.7 Å². The second-order valence-electron chi connectivity index (χ2n) is 6.31. The summed E-state index contributed by atoms with van der Waals surface area (Å²) in [7, 11) is -2.44. The Hall–Kier alpha value is -3.04. The summed E-state index contributed by atoms with van der Waals surface area (Å²) in [5, 5.41) is 7.14. The molecule has 2 aromatic heterocycles. The van der Waals surface area contributed by atoms with Crippen LogP contribution in [0.1, 0.15) is 11.3 Å². The third-order valence-electron chi connectivity index (χ3n) is 4.05. The fraction of sp³-hybridized carbons (Fsp3) is 0.211. The number of aromatic nitrogens is 3. The van der Waals surface area contributed by atoms with Gasteiger partial charge in [-0.15, -0.1) is 0 Å². The van der Waals surface area contributed by atoms with Gasteiger partial charge in [0.1, 0.15) is 10.7 Å². The number of pyridine rings is 1. The molecule has 0 aliphatic heterocycles. The minimum Gasteiger partial charge on any atom is -0.310 e. The zero-order valence-corrected chi connectivity index (χ0v) is 16.4. The third kappa shape index (κ3) is 4.62. The Bertz CT molecular complexity index is 1050. The summed E-state index contributed by atoms with van der Waals surface area (Å²) in [6.07, 6.45) is 2.74. The standard InChI is InChI=1S/C19H21N5O3S/c1-15-11-18(24(22-15)13-16-7-4-3-5-8-16)21-19(25)14-23(2)28(26,27)17-9-6-10-20-12-17/h3-12H,13-14H2,1-2H3,(H,21,25). The molecule has 0 aliphatic rings. The van der Waals surface area contributed by atoms with Gasteiger partial charge in [0.05, 0.1) is 18.8 Å². The number of hydrogen-bond acceptors (Lipinski definition) is 5. The Morgan fingerprint density at radius 1 is 1.18 bits per heavy atom. The van der Waals surface area contributed by atoms with Gasteiger partial charge in [0, 0.05) is 25.5 Å².